The quantitative estimate of drug-likeness (QED) is 0.664. The van der Waals surface area contributed by atoms with E-state index in [1.54, 1.807) is 0 Å². The van der Waals surface area contributed by atoms with E-state index in [2.05, 4.69) is 41.3 Å². The maximum Gasteiger partial charge on any atom is 0.320 e. The molecule has 0 amide bonds. The van der Waals surface area contributed by atoms with Gasteiger partial charge in [0, 0.05) is 6.04 Å². The lowest BCUT2D eigenvalue weighted by atomic mass is 10.1. The van der Waals surface area contributed by atoms with Crippen LogP contribution in [0.1, 0.15) is 44.7 Å². The minimum absolute atomic E-state index is 0.162. The first kappa shape index (κ1) is 20.4. The van der Waals surface area contributed by atoms with E-state index in [9.17, 15) is 4.79 Å². The van der Waals surface area contributed by atoms with Crippen molar-refractivity contribution in [3.05, 3.63) is 65.7 Å². The zero-order chi connectivity index (χ0) is 20.0. The van der Waals surface area contributed by atoms with Gasteiger partial charge in [-0.15, -0.1) is 0 Å². The maximum absolute atomic E-state index is 12.1. The summed E-state index contributed by atoms with van der Waals surface area (Å²) in [5.41, 5.74) is 2.13. The standard InChI is InChI=1S/C24H31NO3/c1-24(2,3)28-23(26)17-25-15-7-10-21(25)18-27-22-13-11-20(12-14-22)16-19-8-5-4-6-9-19/h4-6,8-9,11-14,21H,7,10,15-18H2,1-3H3. The number of ether oxygens (including phenoxy) is 2. The van der Waals surface area contributed by atoms with Crippen LogP contribution >= 0.6 is 0 Å². The first-order valence-electron chi connectivity index (χ1n) is 10.1. The zero-order valence-corrected chi connectivity index (χ0v) is 17.2. The van der Waals surface area contributed by atoms with Crippen LogP contribution in [0, 0.1) is 0 Å². The van der Waals surface area contributed by atoms with Crippen LogP contribution in [0.15, 0.2) is 54.6 Å². The van der Waals surface area contributed by atoms with Crippen molar-refractivity contribution in [1.82, 2.24) is 4.90 Å². The van der Waals surface area contributed by atoms with Gasteiger partial charge in [0.25, 0.3) is 0 Å². The molecule has 4 heteroatoms. The Balaban J connectivity index is 1.48. The van der Waals surface area contributed by atoms with E-state index in [1.807, 2.05) is 39.0 Å². The van der Waals surface area contributed by atoms with Crippen molar-refractivity contribution >= 4 is 5.97 Å². The number of hydrogen-bond acceptors (Lipinski definition) is 4. The summed E-state index contributed by atoms with van der Waals surface area (Å²) in [5.74, 6) is 0.714. The highest BCUT2D eigenvalue weighted by Crippen LogP contribution is 2.21. The predicted molar refractivity (Wildman–Crippen MR) is 112 cm³/mol. The second-order valence-electron chi connectivity index (χ2n) is 8.47. The Morgan fingerprint density at radius 3 is 2.39 bits per heavy atom. The van der Waals surface area contributed by atoms with Crippen LogP contribution in [0.25, 0.3) is 0 Å². The van der Waals surface area contributed by atoms with Crippen molar-refractivity contribution in [3.8, 4) is 5.75 Å². The number of benzene rings is 2. The molecule has 1 atom stereocenters. The van der Waals surface area contributed by atoms with E-state index in [0.29, 0.717) is 13.2 Å². The van der Waals surface area contributed by atoms with Crippen LogP contribution < -0.4 is 4.74 Å². The van der Waals surface area contributed by atoms with Gasteiger partial charge in [-0.25, -0.2) is 0 Å². The molecule has 2 aromatic rings. The minimum atomic E-state index is -0.440. The molecule has 0 saturated carbocycles. The molecule has 150 valence electrons. The molecular weight excluding hydrogens is 350 g/mol. The number of carbonyl (C=O) groups excluding carboxylic acids is 1. The third-order valence-electron chi connectivity index (χ3n) is 4.87. The lowest BCUT2D eigenvalue weighted by Gasteiger charge is -2.26. The molecule has 1 aliphatic rings. The summed E-state index contributed by atoms with van der Waals surface area (Å²) >= 11 is 0. The topological polar surface area (TPSA) is 38.8 Å². The Bertz CT molecular complexity index is 750. The van der Waals surface area contributed by atoms with Crippen LogP contribution in [-0.2, 0) is 16.0 Å². The normalized spacial score (nSPS) is 17.5. The molecule has 1 unspecified atom stereocenters. The van der Waals surface area contributed by atoms with Crippen LogP contribution in [0.5, 0.6) is 5.75 Å². The van der Waals surface area contributed by atoms with Gasteiger partial charge in [0.2, 0.25) is 0 Å². The summed E-state index contributed by atoms with van der Waals surface area (Å²) in [5, 5.41) is 0. The lowest BCUT2D eigenvalue weighted by molar-refractivity contribution is -0.156. The first-order valence-corrected chi connectivity index (χ1v) is 10.1. The van der Waals surface area contributed by atoms with Crippen molar-refractivity contribution in [2.75, 3.05) is 19.7 Å². The lowest BCUT2D eigenvalue weighted by Crippen LogP contribution is -2.40. The molecule has 1 saturated heterocycles. The first-order chi connectivity index (χ1) is 13.4. The van der Waals surface area contributed by atoms with Crippen LogP contribution in [0.4, 0.5) is 0 Å². The molecule has 1 fully saturated rings. The molecule has 1 aliphatic heterocycles. The monoisotopic (exact) mass is 381 g/mol. The molecule has 28 heavy (non-hydrogen) atoms. The van der Waals surface area contributed by atoms with E-state index in [1.165, 1.54) is 11.1 Å². The smallest absolute Gasteiger partial charge is 0.320 e. The fourth-order valence-electron chi connectivity index (χ4n) is 3.56. The molecule has 0 radical (unpaired) electrons. The second-order valence-corrected chi connectivity index (χ2v) is 8.47. The Hall–Kier alpha value is -2.33. The van der Waals surface area contributed by atoms with Gasteiger partial charge in [-0.1, -0.05) is 42.5 Å². The highest BCUT2D eigenvalue weighted by molar-refractivity contribution is 5.72. The molecule has 0 spiro atoms. The third kappa shape index (κ3) is 6.38. The fraction of sp³-hybridized carbons (Fsp3) is 0.458. The van der Waals surface area contributed by atoms with E-state index >= 15 is 0 Å². The summed E-state index contributed by atoms with van der Waals surface area (Å²) in [6.07, 6.45) is 3.06. The molecule has 2 aromatic carbocycles. The van der Waals surface area contributed by atoms with Gasteiger partial charge in [0.15, 0.2) is 0 Å². The van der Waals surface area contributed by atoms with E-state index in [0.717, 1.165) is 31.6 Å². The van der Waals surface area contributed by atoms with Crippen LogP contribution in [0.3, 0.4) is 0 Å². The number of likely N-dealkylation sites (tertiary alicyclic amines) is 1. The van der Waals surface area contributed by atoms with Crippen molar-refractivity contribution in [1.29, 1.82) is 0 Å². The van der Waals surface area contributed by atoms with Crippen LogP contribution in [-0.4, -0.2) is 42.2 Å². The van der Waals surface area contributed by atoms with Gasteiger partial charge in [-0.2, -0.15) is 0 Å². The fourth-order valence-corrected chi connectivity index (χ4v) is 3.56. The molecule has 0 aromatic heterocycles. The maximum atomic E-state index is 12.1. The molecule has 0 aliphatic carbocycles. The zero-order valence-electron chi connectivity index (χ0n) is 17.2. The highest BCUT2D eigenvalue weighted by Gasteiger charge is 2.28. The number of nitrogens with zero attached hydrogens (tertiary/aromatic N) is 1. The Kier molecular flexibility index (Phi) is 6.74. The van der Waals surface area contributed by atoms with Gasteiger partial charge in [0.1, 0.15) is 18.0 Å². The SMILES string of the molecule is CC(C)(C)OC(=O)CN1CCCC1COc1ccc(Cc2ccccc2)cc1. The summed E-state index contributed by atoms with van der Waals surface area (Å²) < 4.78 is 11.5. The van der Waals surface area contributed by atoms with Crippen molar-refractivity contribution < 1.29 is 14.3 Å². The largest absolute Gasteiger partial charge is 0.492 e. The highest BCUT2D eigenvalue weighted by atomic mass is 16.6. The van der Waals surface area contributed by atoms with Gasteiger partial charge in [-0.05, 0) is 69.8 Å². The number of rotatable bonds is 7. The Labute approximate surface area is 168 Å². The molecule has 1 heterocycles. The van der Waals surface area contributed by atoms with Crippen molar-refractivity contribution in [3.63, 3.8) is 0 Å². The summed E-state index contributed by atoms with van der Waals surface area (Å²) in [6, 6.07) is 19.0. The number of hydrogen-bond donors (Lipinski definition) is 0. The van der Waals surface area contributed by atoms with Crippen LogP contribution in [0.2, 0.25) is 0 Å². The number of carbonyl (C=O) groups is 1. The second kappa shape index (κ2) is 9.24. The van der Waals surface area contributed by atoms with E-state index < -0.39 is 5.60 Å². The number of esters is 1. The van der Waals surface area contributed by atoms with Crippen molar-refractivity contribution in [2.24, 2.45) is 0 Å². The third-order valence-corrected chi connectivity index (χ3v) is 4.87. The minimum Gasteiger partial charge on any atom is -0.492 e. The summed E-state index contributed by atoms with van der Waals surface area (Å²) in [4.78, 5) is 14.3. The average Bonchev–Trinajstić information content (AvgIpc) is 3.07. The Morgan fingerprint density at radius 1 is 1.04 bits per heavy atom. The van der Waals surface area contributed by atoms with Gasteiger partial charge < -0.3 is 9.47 Å². The molecule has 0 bridgehead atoms. The predicted octanol–water partition coefficient (Wildman–Crippen LogP) is 4.46. The van der Waals surface area contributed by atoms with E-state index in [4.69, 9.17) is 9.47 Å². The van der Waals surface area contributed by atoms with Gasteiger partial charge >= 0.3 is 5.97 Å². The molecule has 3 rings (SSSR count). The molecule has 4 nitrogen and oxygen atoms in total. The van der Waals surface area contributed by atoms with Crippen molar-refractivity contribution in [2.45, 2.75) is 51.7 Å². The molecule has 0 N–H and O–H groups in total. The summed E-state index contributed by atoms with van der Waals surface area (Å²) in [6.45, 7) is 7.55. The van der Waals surface area contributed by atoms with Gasteiger partial charge in [0.05, 0.1) is 6.54 Å². The van der Waals surface area contributed by atoms with Gasteiger partial charge in [-0.3, -0.25) is 9.69 Å². The molecular formula is C24H31NO3. The average molecular weight is 382 g/mol. The summed E-state index contributed by atoms with van der Waals surface area (Å²) in [7, 11) is 0. The van der Waals surface area contributed by atoms with E-state index in [-0.39, 0.29) is 12.0 Å². The Morgan fingerprint density at radius 2 is 1.71 bits per heavy atom.